The molecule has 2 unspecified atom stereocenters. The number of hydrogen-bond acceptors (Lipinski definition) is 4. The molecule has 2 rings (SSSR count). The minimum Gasteiger partial charge on any atom is -0.391 e. The van der Waals surface area contributed by atoms with Crippen molar-refractivity contribution in [3.8, 4) is 0 Å². The average molecular weight is 417 g/mol. The molecule has 0 spiro atoms. The first-order valence-corrected chi connectivity index (χ1v) is 8.27. The van der Waals surface area contributed by atoms with Gasteiger partial charge in [-0.3, -0.25) is 9.59 Å². The summed E-state index contributed by atoms with van der Waals surface area (Å²) in [6.45, 7) is 1.78. The van der Waals surface area contributed by atoms with Crippen LogP contribution in [0.15, 0.2) is 22.7 Å². The predicted molar refractivity (Wildman–Crippen MR) is 90.1 cm³/mol. The molecule has 5 N–H and O–H groups in total. The van der Waals surface area contributed by atoms with Crippen molar-refractivity contribution in [2.75, 3.05) is 13.1 Å². The zero-order valence-corrected chi connectivity index (χ0v) is 14.9. The van der Waals surface area contributed by atoms with Crippen LogP contribution in [0.1, 0.15) is 17.3 Å². The Bertz CT molecular complexity index is 694. The van der Waals surface area contributed by atoms with Crippen LogP contribution in [0.4, 0.5) is 9.18 Å². The lowest BCUT2D eigenvalue weighted by Gasteiger charge is -2.41. The van der Waals surface area contributed by atoms with Crippen molar-refractivity contribution < 1.29 is 23.9 Å². The number of halogens is 2. The fourth-order valence-electron chi connectivity index (χ4n) is 2.43. The predicted octanol–water partition coefficient (Wildman–Crippen LogP) is -0.0535. The third kappa shape index (κ3) is 4.45. The summed E-state index contributed by atoms with van der Waals surface area (Å²) in [4.78, 5) is 36.7. The van der Waals surface area contributed by atoms with Gasteiger partial charge in [-0.1, -0.05) is 6.07 Å². The van der Waals surface area contributed by atoms with Crippen molar-refractivity contribution in [3.63, 3.8) is 0 Å². The summed E-state index contributed by atoms with van der Waals surface area (Å²) in [6.07, 6.45) is -1.11. The molecule has 1 heterocycles. The Balaban J connectivity index is 1.91. The lowest BCUT2D eigenvalue weighted by atomic mass is 10.0. The number of amides is 4. The fourth-order valence-corrected chi connectivity index (χ4v) is 2.88. The molecule has 25 heavy (non-hydrogen) atoms. The van der Waals surface area contributed by atoms with Crippen LogP contribution in [0, 0.1) is 5.82 Å². The van der Waals surface area contributed by atoms with Gasteiger partial charge in [-0.25, -0.2) is 9.18 Å². The Morgan fingerprint density at radius 1 is 1.40 bits per heavy atom. The molecule has 4 amide bonds. The summed E-state index contributed by atoms with van der Waals surface area (Å²) in [5.74, 6) is -1.51. The smallest absolute Gasteiger partial charge is 0.312 e. The highest BCUT2D eigenvalue weighted by molar-refractivity contribution is 9.10. The van der Waals surface area contributed by atoms with E-state index in [1.54, 1.807) is 0 Å². The molecule has 136 valence electrons. The molecule has 10 heteroatoms. The van der Waals surface area contributed by atoms with Gasteiger partial charge in [-0.05, 0) is 35.0 Å². The minimum atomic E-state index is -1.15. The molecule has 1 fully saturated rings. The Morgan fingerprint density at radius 3 is 2.60 bits per heavy atom. The minimum absolute atomic E-state index is 0.0691. The Morgan fingerprint density at radius 2 is 2.04 bits per heavy atom. The van der Waals surface area contributed by atoms with E-state index >= 15 is 0 Å². The molecule has 1 aromatic carbocycles. The molecule has 0 aliphatic carbocycles. The summed E-state index contributed by atoms with van der Waals surface area (Å²) < 4.78 is 13.5. The van der Waals surface area contributed by atoms with Crippen LogP contribution in [-0.4, -0.2) is 59.1 Å². The zero-order chi connectivity index (χ0) is 18.7. The Kier molecular flexibility index (Phi) is 5.96. The SMILES string of the molecule is CC(O)C(NC(N)=O)C(=O)N1CC(NC(=O)c2cccc(F)c2Br)C1. The molecule has 1 saturated heterocycles. The fraction of sp³-hybridized carbons (Fsp3) is 0.400. The monoisotopic (exact) mass is 416 g/mol. The lowest BCUT2D eigenvalue weighted by molar-refractivity contribution is -0.140. The molecular weight excluding hydrogens is 399 g/mol. The van der Waals surface area contributed by atoms with E-state index in [0.717, 1.165) is 0 Å². The molecule has 1 aliphatic heterocycles. The van der Waals surface area contributed by atoms with Gasteiger partial charge < -0.3 is 26.4 Å². The first kappa shape index (κ1) is 19.1. The number of aliphatic hydroxyl groups excluding tert-OH is 1. The first-order chi connectivity index (χ1) is 11.7. The standard InChI is InChI=1S/C15H18BrFN4O4/c1-7(22)12(20-15(18)25)14(24)21-5-8(6-21)19-13(23)9-3-2-4-10(17)11(9)16/h2-4,7-8,12,22H,5-6H2,1H3,(H,19,23)(H3,18,20,25). The van der Waals surface area contributed by atoms with Gasteiger partial charge in [-0.2, -0.15) is 0 Å². The number of likely N-dealkylation sites (tertiary alicyclic amines) is 1. The topological polar surface area (TPSA) is 125 Å². The first-order valence-electron chi connectivity index (χ1n) is 7.48. The van der Waals surface area contributed by atoms with Crippen LogP contribution in [0.25, 0.3) is 0 Å². The second-order valence-corrected chi connectivity index (χ2v) is 6.53. The van der Waals surface area contributed by atoms with Gasteiger partial charge in [0.25, 0.3) is 5.91 Å². The summed E-state index contributed by atoms with van der Waals surface area (Å²) in [6, 6.07) is 1.76. The number of nitrogens with one attached hydrogen (secondary N) is 2. The van der Waals surface area contributed by atoms with Crippen LogP contribution in [-0.2, 0) is 4.79 Å². The van der Waals surface area contributed by atoms with Gasteiger partial charge in [0.05, 0.1) is 22.2 Å². The molecule has 2 atom stereocenters. The van der Waals surface area contributed by atoms with E-state index < -0.39 is 35.8 Å². The van der Waals surface area contributed by atoms with E-state index in [1.807, 2.05) is 0 Å². The maximum Gasteiger partial charge on any atom is 0.312 e. The summed E-state index contributed by atoms with van der Waals surface area (Å²) >= 11 is 3.02. The van der Waals surface area contributed by atoms with Crippen molar-refractivity contribution in [1.29, 1.82) is 0 Å². The van der Waals surface area contributed by atoms with Gasteiger partial charge in [0.15, 0.2) is 0 Å². The van der Waals surface area contributed by atoms with Crippen LogP contribution in [0.3, 0.4) is 0 Å². The third-order valence-electron chi connectivity index (χ3n) is 3.77. The summed E-state index contributed by atoms with van der Waals surface area (Å²) in [7, 11) is 0. The molecule has 0 bridgehead atoms. The Labute approximate surface area is 151 Å². The second-order valence-electron chi connectivity index (χ2n) is 5.74. The van der Waals surface area contributed by atoms with Gasteiger partial charge >= 0.3 is 6.03 Å². The third-order valence-corrected chi connectivity index (χ3v) is 4.58. The van der Waals surface area contributed by atoms with Crippen LogP contribution in [0.5, 0.6) is 0 Å². The maximum absolute atomic E-state index is 13.5. The number of rotatable bonds is 5. The average Bonchev–Trinajstić information content (AvgIpc) is 2.49. The van der Waals surface area contributed by atoms with Crippen molar-refractivity contribution in [2.24, 2.45) is 5.73 Å². The molecule has 0 aromatic heterocycles. The molecule has 0 radical (unpaired) electrons. The van der Waals surface area contributed by atoms with Gasteiger partial charge in [0, 0.05) is 13.1 Å². The number of carbonyl (C=O) groups excluding carboxylic acids is 3. The molecule has 0 saturated carbocycles. The van der Waals surface area contributed by atoms with Gasteiger partial charge in [0.1, 0.15) is 11.9 Å². The second kappa shape index (κ2) is 7.79. The highest BCUT2D eigenvalue weighted by Crippen LogP contribution is 2.21. The van der Waals surface area contributed by atoms with Crippen molar-refractivity contribution in [2.45, 2.75) is 25.1 Å². The van der Waals surface area contributed by atoms with E-state index in [-0.39, 0.29) is 29.2 Å². The number of hydrogen-bond donors (Lipinski definition) is 4. The van der Waals surface area contributed by atoms with E-state index in [4.69, 9.17) is 5.73 Å². The molecular formula is C15H18BrFN4O4. The molecule has 8 nitrogen and oxygen atoms in total. The number of carbonyl (C=O) groups is 3. The quantitative estimate of drug-likeness (QED) is 0.536. The van der Waals surface area contributed by atoms with Crippen LogP contribution < -0.4 is 16.4 Å². The number of benzene rings is 1. The number of aliphatic hydroxyl groups is 1. The maximum atomic E-state index is 13.5. The largest absolute Gasteiger partial charge is 0.391 e. The normalized spacial score (nSPS) is 16.6. The van der Waals surface area contributed by atoms with E-state index in [1.165, 1.54) is 30.0 Å². The van der Waals surface area contributed by atoms with Gasteiger partial charge in [-0.15, -0.1) is 0 Å². The highest BCUT2D eigenvalue weighted by Gasteiger charge is 2.37. The molecule has 1 aromatic rings. The Hall–Kier alpha value is -2.20. The lowest BCUT2D eigenvalue weighted by Crippen LogP contribution is -2.65. The van der Waals surface area contributed by atoms with E-state index in [2.05, 4.69) is 26.6 Å². The number of urea groups is 1. The summed E-state index contributed by atoms with van der Waals surface area (Å²) in [5, 5.41) is 14.5. The van der Waals surface area contributed by atoms with Crippen LogP contribution in [0.2, 0.25) is 0 Å². The van der Waals surface area contributed by atoms with Crippen molar-refractivity contribution in [1.82, 2.24) is 15.5 Å². The highest BCUT2D eigenvalue weighted by atomic mass is 79.9. The number of nitrogens with zero attached hydrogens (tertiary/aromatic N) is 1. The molecule has 1 aliphatic rings. The van der Waals surface area contributed by atoms with Crippen molar-refractivity contribution in [3.05, 3.63) is 34.1 Å². The number of nitrogens with two attached hydrogens (primary N) is 1. The zero-order valence-electron chi connectivity index (χ0n) is 13.3. The van der Waals surface area contributed by atoms with E-state index in [9.17, 15) is 23.9 Å². The summed E-state index contributed by atoms with van der Waals surface area (Å²) in [5.41, 5.74) is 5.14. The van der Waals surface area contributed by atoms with Crippen LogP contribution >= 0.6 is 15.9 Å². The van der Waals surface area contributed by atoms with Gasteiger partial charge in [0.2, 0.25) is 5.91 Å². The van der Waals surface area contributed by atoms with Crippen molar-refractivity contribution >= 4 is 33.8 Å². The van der Waals surface area contributed by atoms with E-state index in [0.29, 0.717) is 0 Å². The number of primary amides is 1.